The summed E-state index contributed by atoms with van der Waals surface area (Å²) in [6.45, 7) is 4.01. The second kappa shape index (κ2) is 8.87. The molecule has 2 rings (SSSR count). The molecule has 128 valence electrons. The fourth-order valence-corrected chi connectivity index (χ4v) is 3.83. The molecule has 7 heteroatoms. The van der Waals surface area contributed by atoms with Crippen molar-refractivity contribution in [1.82, 2.24) is 0 Å². The molecule has 24 heavy (non-hydrogen) atoms. The van der Waals surface area contributed by atoms with Gasteiger partial charge < -0.3 is 5.32 Å². The summed E-state index contributed by atoms with van der Waals surface area (Å²) in [5.74, 6) is -2.29. The van der Waals surface area contributed by atoms with E-state index in [0.717, 1.165) is 20.5 Å². The Bertz CT molecular complexity index is 723. The Morgan fingerprint density at radius 1 is 1.17 bits per heavy atom. The lowest BCUT2D eigenvalue weighted by molar-refractivity contribution is -0.113. The monoisotopic (exact) mass is 431 g/mol. The predicted molar refractivity (Wildman–Crippen MR) is 101 cm³/mol. The number of alkyl halides is 2. The number of carbonyl (C=O) groups is 1. The molecule has 0 aliphatic heterocycles. The van der Waals surface area contributed by atoms with E-state index in [0.29, 0.717) is 22.3 Å². The van der Waals surface area contributed by atoms with Crippen LogP contribution in [0.4, 0.5) is 14.5 Å². The van der Waals surface area contributed by atoms with E-state index in [1.165, 1.54) is 11.8 Å². The lowest BCUT2D eigenvalue weighted by Gasteiger charge is -2.09. The maximum atomic E-state index is 12.3. The van der Waals surface area contributed by atoms with E-state index >= 15 is 0 Å². The molecule has 0 saturated carbocycles. The number of aryl methyl sites for hydroxylation is 2. The molecule has 0 atom stereocenters. The minimum absolute atomic E-state index is 0.130. The average molecular weight is 432 g/mol. The van der Waals surface area contributed by atoms with Crippen LogP contribution in [0.2, 0.25) is 0 Å². The van der Waals surface area contributed by atoms with Crippen molar-refractivity contribution < 1.29 is 13.6 Å². The summed E-state index contributed by atoms with van der Waals surface area (Å²) in [6.07, 6.45) is 0. The van der Waals surface area contributed by atoms with E-state index in [2.05, 4.69) is 21.2 Å². The first-order valence-corrected chi connectivity index (χ1v) is 9.75. The SMILES string of the molecule is Cc1cc(SCC(=O)Nc2ccc(SC(F)F)cc2)c(C)cc1Br. The van der Waals surface area contributed by atoms with Crippen LogP contribution in [0, 0.1) is 13.8 Å². The van der Waals surface area contributed by atoms with Crippen molar-refractivity contribution in [2.24, 2.45) is 0 Å². The van der Waals surface area contributed by atoms with Gasteiger partial charge in [0, 0.05) is 20.0 Å². The van der Waals surface area contributed by atoms with Crippen LogP contribution in [0.1, 0.15) is 11.1 Å². The first-order chi connectivity index (χ1) is 11.3. The number of anilines is 1. The third-order valence-corrected chi connectivity index (χ3v) is 5.91. The highest BCUT2D eigenvalue weighted by Gasteiger charge is 2.09. The molecule has 0 aromatic heterocycles. The number of carbonyl (C=O) groups excluding carboxylic acids is 1. The van der Waals surface area contributed by atoms with E-state index in [1.54, 1.807) is 24.3 Å². The highest BCUT2D eigenvalue weighted by Crippen LogP contribution is 2.29. The van der Waals surface area contributed by atoms with Crippen molar-refractivity contribution in [2.75, 3.05) is 11.1 Å². The van der Waals surface area contributed by atoms with Crippen molar-refractivity contribution in [1.29, 1.82) is 0 Å². The van der Waals surface area contributed by atoms with Gasteiger partial charge in [0.2, 0.25) is 5.91 Å². The first kappa shape index (κ1) is 19.3. The van der Waals surface area contributed by atoms with Crippen molar-refractivity contribution in [2.45, 2.75) is 29.4 Å². The van der Waals surface area contributed by atoms with E-state index in [4.69, 9.17) is 0 Å². The number of hydrogen-bond acceptors (Lipinski definition) is 3. The number of benzene rings is 2. The Kier molecular flexibility index (Phi) is 7.13. The maximum absolute atomic E-state index is 12.3. The Morgan fingerprint density at radius 3 is 2.46 bits per heavy atom. The molecule has 0 bridgehead atoms. The molecular weight excluding hydrogens is 416 g/mol. The van der Waals surface area contributed by atoms with Gasteiger partial charge in [-0.1, -0.05) is 27.7 Å². The van der Waals surface area contributed by atoms with Gasteiger partial charge in [-0.25, -0.2) is 0 Å². The smallest absolute Gasteiger partial charge is 0.288 e. The van der Waals surface area contributed by atoms with Gasteiger partial charge in [-0.2, -0.15) is 8.78 Å². The van der Waals surface area contributed by atoms with Gasteiger partial charge in [-0.05, 0) is 61.4 Å². The van der Waals surface area contributed by atoms with Crippen molar-refractivity contribution in [3.8, 4) is 0 Å². The Morgan fingerprint density at radius 2 is 1.83 bits per heavy atom. The van der Waals surface area contributed by atoms with Crippen LogP contribution in [-0.4, -0.2) is 17.4 Å². The molecule has 2 aromatic rings. The molecule has 1 N–H and O–H groups in total. The quantitative estimate of drug-likeness (QED) is 0.559. The molecule has 0 radical (unpaired) electrons. The Labute approximate surface area is 156 Å². The van der Waals surface area contributed by atoms with Crippen LogP contribution >= 0.6 is 39.5 Å². The predicted octanol–water partition coefficient (Wildman–Crippen LogP) is 6.11. The topological polar surface area (TPSA) is 29.1 Å². The zero-order chi connectivity index (χ0) is 17.7. The molecule has 2 nitrogen and oxygen atoms in total. The number of hydrogen-bond donors (Lipinski definition) is 1. The zero-order valence-corrected chi connectivity index (χ0v) is 16.3. The largest absolute Gasteiger partial charge is 0.325 e. The van der Waals surface area contributed by atoms with E-state index in [1.807, 2.05) is 26.0 Å². The minimum Gasteiger partial charge on any atom is -0.325 e. The second-order valence-electron chi connectivity index (χ2n) is 5.11. The molecular formula is C17H16BrF2NOS2. The van der Waals surface area contributed by atoms with Crippen molar-refractivity contribution in [3.05, 3.63) is 52.0 Å². The van der Waals surface area contributed by atoms with Crippen LogP contribution in [0.25, 0.3) is 0 Å². The van der Waals surface area contributed by atoms with E-state index < -0.39 is 5.76 Å². The molecule has 0 saturated heterocycles. The van der Waals surface area contributed by atoms with Gasteiger partial charge in [0.25, 0.3) is 5.76 Å². The Balaban J connectivity index is 1.90. The molecule has 0 heterocycles. The second-order valence-corrected chi connectivity index (χ2v) is 8.04. The van der Waals surface area contributed by atoms with Crippen LogP contribution in [0.15, 0.2) is 50.7 Å². The summed E-state index contributed by atoms with van der Waals surface area (Å²) in [7, 11) is 0. The fourth-order valence-electron chi connectivity index (χ4n) is 1.97. The molecule has 2 aromatic carbocycles. The summed E-state index contributed by atoms with van der Waals surface area (Å²) < 4.78 is 25.6. The first-order valence-electron chi connectivity index (χ1n) is 7.09. The molecule has 0 aliphatic carbocycles. The summed E-state index contributed by atoms with van der Waals surface area (Å²) in [5, 5.41) is 2.77. The number of amides is 1. The highest BCUT2D eigenvalue weighted by atomic mass is 79.9. The third-order valence-electron chi connectivity index (χ3n) is 3.18. The molecule has 0 fully saturated rings. The zero-order valence-electron chi connectivity index (χ0n) is 13.1. The highest BCUT2D eigenvalue weighted by molar-refractivity contribution is 9.10. The van der Waals surface area contributed by atoms with Crippen molar-refractivity contribution in [3.63, 3.8) is 0 Å². The lowest BCUT2D eigenvalue weighted by Crippen LogP contribution is -2.14. The number of rotatable bonds is 6. The summed E-state index contributed by atoms with van der Waals surface area (Å²) in [5.41, 5.74) is 2.83. The molecule has 0 aliphatic rings. The third kappa shape index (κ3) is 5.79. The summed E-state index contributed by atoms with van der Waals surface area (Å²) >= 11 is 5.44. The van der Waals surface area contributed by atoms with Crippen LogP contribution in [0.3, 0.4) is 0 Å². The van der Waals surface area contributed by atoms with Gasteiger partial charge in [0.05, 0.1) is 5.75 Å². The van der Waals surface area contributed by atoms with Gasteiger partial charge in [0.1, 0.15) is 0 Å². The summed E-state index contributed by atoms with van der Waals surface area (Å²) in [6, 6.07) is 10.5. The van der Waals surface area contributed by atoms with Gasteiger partial charge in [0.15, 0.2) is 0 Å². The van der Waals surface area contributed by atoms with E-state index in [9.17, 15) is 13.6 Å². The lowest BCUT2D eigenvalue weighted by atomic mass is 10.2. The van der Waals surface area contributed by atoms with Crippen LogP contribution < -0.4 is 5.32 Å². The van der Waals surface area contributed by atoms with Crippen LogP contribution in [0.5, 0.6) is 0 Å². The summed E-state index contributed by atoms with van der Waals surface area (Å²) in [4.78, 5) is 13.6. The number of thioether (sulfide) groups is 2. The average Bonchev–Trinajstić information content (AvgIpc) is 2.51. The van der Waals surface area contributed by atoms with Crippen molar-refractivity contribution >= 4 is 51.0 Å². The number of halogens is 3. The van der Waals surface area contributed by atoms with Gasteiger partial charge >= 0.3 is 0 Å². The van der Waals surface area contributed by atoms with E-state index in [-0.39, 0.29) is 11.7 Å². The molecule has 0 unspecified atom stereocenters. The number of nitrogens with one attached hydrogen (secondary N) is 1. The van der Waals surface area contributed by atoms with Gasteiger partial charge in [-0.15, -0.1) is 11.8 Å². The normalized spacial score (nSPS) is 10.9. The molecule has 0 spiro atoms. The maximum Gasteiger partial charge on any atom is 0.288 e. The standard InChI is InChI=1S/C17H16BrF2NOS2/c1-10-8-15(11(2)7-14(10)18)23-9-16(22)21-12-3-5-13(6-4-12)24-17(19)20/h3-8,17H,9H2,1-2H3,(H,21,22). The fraction of sp³-hybridized carbons (Fsp3) is 0.235. The van der Waals surface area contributed by atoms with Gasteiger partial charge in [-0.3, -0.25) is 4.79 Å². The Hall–Kier alpha value is -1.05. The van der Waals surface area contributed by atoms with Crippen LogP contribution in [-0.2, 0) is 4.79 Å². The molecule has 1 amide bonds. The minimum atomic E-state index is -2.44.